The number of carbonyl (C=O) groups excluding carboxylic acids is 1. The molecule has 9 nitrogen and oxygen atoms in total. The molecule has 32 heavy (non-hydrogen) atoms. The van der Waals surface area contributed by atoms with E-state index in [9.17, 15) is 14.9 Å². The summed E-state index contributed by atoms with van der Waals surface area (Å²) < 4.78 is 6.12. The van der Waals surface area contributed by atoms with Gasteiger partial charge in [0, 0.05) is 42.8 Å². The summed E-state index contributed by atoms with van der Waals surface area (Å²) in [5, 5.41) is 14.7. The van der Waals surface area contributed by atoms with Crippen molar-refractivity contribution in [2.24, 2.45) is 0 Å². The molecule has 0 radical (unpaired) electrons. The van der Waals surface area contributed by atoms with Gasteiger partial charge < -0.3 is 19.6 Å². The number of benzene rings is 2. The van der Waals surface area contributed by atoms with Crippen LogP contribution in [0.5, 0.6) is 5.75 Å². The number of nitrogens with zero attached hydrogens (tertiary/aromatic N) is 4. The Morgan fingerprint density at radius 1 is 1.09 bits per heavy atom. The fourth-order valence-electron chi connectivity index (χ4n) is 3.72. The maximum absolute atomic E-state index is 12.9. The summed E-state index contributed by atoms with van der Waals surface area (Å²) in [6, 6.07) is 10.4. The van der Waals surface area contributed by atoms with Crippen LogP contribution in [0.4, 0.5) is 5.69 Å². The summed E-state index contributed by atoms with van der Waals surface area (Å²) in [7, 11) is 1.62. The Morgan fingerprint density at radius 3 is 2.34 bits per heavy atom. The van der Waals surface area contributed by atoms with E-state index in [0.717, 1.165) is 11.4 Å². The second kappa shape index (κ2) is 8.85. The lowest BCUT2D eigenvalue weighted by Gasteiger charge is -2.35. The van der Waals surface area contributed by atoms with Gasteiger partial charge in [-0.15, -0.1) is 0 Å². The van der Waals surface area contributed by atoms with Crippen LogP contribution in [0.15, 0.2) is 36.4 Å². The fourth-order valence-corrected chi connectivity index (χ4v) is 4.03. The van der Waals surface area contributed by atoms with Crippen molar-refractivity contribution in [3.05, 3.63) is 67.9 Å². The Hall–Kier alpha value is -3.01. The number of anilines is 1. The van der Waals surface area contributed by atoms with Crippen molar-refractivity contribution in [3.8, 4) is 5.75 Å². The molecule has 0 saturated carbocycles. The van der Waals surface area contributed by atoms with Crippen molar-refractivity contribution in [3.63, 3.8) is 0 Å². The maximum atomic E-state index is 12.9. The molecule has 0 spiro atoms. The minimum absolute atomic E-state index is 0.0275. The van der Waals surface area contributed by atoms with E-state index < -0.39 is 5.91 Å². The number of amides is 1. The normalized spacial score (nSPS) is 14.6. The molecule has 1 saturated heterocycles. The monoisotopic (exact) mass is 477 g/mol. The first-order chi connectivity index (χ1) is 15.3. The highest BCUT2D eigenvalue weighted by Gasteiger charge is 2.30. The number of aromatic nitrogens is 2. The minimum atomic E-state index is -0.659. The van der Waals surface area contributed by atoms with E-state index in [-0.39, 0.29) is 32.5 Å². The summed E-state index contributed by atoms with van der Waals surface area (Å²) in [6.07, 6.45) is 0. The van der Waals surface area contributed by atoms with E-state index in [1.165, 1.54) is 19.1 Å². The number of methoxy groups -OCH3 is 1. The smallest absolute Gasteiger partial charge is 0.347 e. The standard InChI is InChI=1S/C21H21Cl2N5O4/c1-13-20(28(31)19-12-17(23)16(22)11-18(19)27(13)30)21(29)24-26-9-7-25(8-10-26)14-3-5-15(32-2)6-4-14/h3-6,11-12H,7-10H2,1-2H3,(H,24,29). The van der Waals surface area contributed by atoms with Crippen LogP contribution in [0, 0.1) is 17.0 Å². The molecule has 11 heteroatoms. The first-order valence-electron chi connectivity index (χ1n) is 9.89. The van der Waals surface area contributed by atoms with E-state index >= 15 is 0 Å². The average Bonchev–Trinajstić information content (AvgIpc) is 2.79. The van der Waals surface area contributed by atoms with Crippen LogP contribution in [0.25, 0.3) is 11.0 Å². The van der Waals surface area contributed by atoms with Crippen LogP contribution in [-0.2, 0) is 0 Å². The van der Waals surface area contributed by atoms with Crippen molar-refractivity contribution in [1.82, 2.24) is 15.2 Å². The number of piperazine rings is 1. The molecular formula is C21H21Cl2N5O4. The van der Waals surface area contributed by atoms with Crippen molar-refractivity contribution in [2.75, 3.05) is 38.2 Å². The summed E-state index contributed by atoms with van der Waals surface area (Å²) in [5.74, 6) is 0.128. The molecule has 1 aromatic heterocycles. The largest absolute Gasteiger partial charge is 0.805 e. The third-order valence-corrected chi connectivity index (χ3v) is 6.22. The Morgan fingerprint density at radius 2 is 1.72 bits per heavy atom. The Labute approximate surface area is 193 Å². The third-order valence-electron chi connectivity index (χ3n) is 5.50. The van der Waals surface area contributed by atoms with Gasteiger partial charge in [0.1, 0.15) is 11.3 Å². The summed E-state index contributed by atoms with van der Waals surface area (Å²) in [6.45, 7) is 3.86. The quantitative estimate of drug-likeness (QED) is 0.580. The predicted octanol–water partition coefficient (Wildman–Crippen LogP) is 2.99. The number of hydrazine groups is 1. The highest BCUT2D eigenvalue weighted by atomic mass is 35.5. The molecule has 1 aliphatic rings. The number of carbonyl (C=O) groups is 1. The molecule has 0 aliphatic carbocycles. The average molecular weight is 478 g/mol. The van der Waals surface area contributed by atoms with Crippen LogP contribution in [0.3, 0.4) is 0 Å². The zero-order valence-electron chi connectivity index (χ0n) is 17.5. The van der Waals surface area contributed by atoms with E-state index in [4.69, 9.17) is 27.9 Å². The number of rotatable bonds is 4. The lowest BCUT2D eigenvalue weighted by atomic mass is 10.2. The Kier molecular flexibility index (Phi) is 6.14. The fraction of sp³-hybridized carbons (Fsp3) is 0.286. The molecular weight excluding hydrogens is 457 g/mol. The highest BCUT2D eigenvalue weighted by molar-refractivity contribution is 6.42. The first-order valence-corrected chi connectivity index (χ1v) is 10.6. The maximum Gasteiger partial charge on any atom is 0.347 e. The van der Waals surface area contributed by atoms with Crippen LogP contribution < -0.4 is 19.5 Å². The van der Waals surface area contributed by atoms with E-state index in [2.05, 4.69) is 10.3 Å². The van der Waals surface area contributed by atoms with E-state index in [0.29, 0.717) is 35.3 Å². The molecule has 1 amide bonds. The molecule has 0 bridgehead atoms. The molecule has 1 aliphatic heterocycles. The van der Waals surface area contributed by atoms with Gasteiger partial charge in [-0.1, -0.05) is 23.2 Å². The van der Waals surface area contributed by atoms with Gasteiger partial charge >= 0.3 is 11.6 Å². The van der Waals surface area contributed by atoms with Gasteiger partial charge in [0.25, 0.3) is 5.52 Å². The third kappa shape index (κ3) is 4.06. The topological polar surface area (TPSA) is 95.8 Å². The summed E-state index contributed by atoms with van der Waals surface area (Å²) in [4.78, 5) is 28.0. The minimum Gasteiger partial charge on any atom is -0.805 e. The van der Waals surface area contributed by atoms with Gasteiger partial charge in [-0.05, 0) is 37.3 Å². The number of ether oxygens (including phenoxy) is 1. The van der Waals surface area contributed by atoms with Gasteiger partial charge in [-0.25, -0.2) is 5.01 Å². The number of hydrogen-bond acceptors (Lipinski definition) is 6. The molecule has 168 valence electrons. The number of hydrogen-bond donors (Lipinski definition) is 1. The van der Waals surface area contributed by atoms with Gasteiger partial charge in [0.2, 0.25) is 0 Å². The van der Waals surface area contributed by atoms with Crippen molar-refractivity contribution in [1.29, 1.82) is 0 Å². The molecule has 0 unspecified atom stereocenters. The van der Waals surface area contributed by atoms with Gasteiger partial charge in [-0.3, -0.25) is 10.2 Å². The van der Waals surface area contributed by atoms with Crippen molar-refractivity contribution >= 4 is 45.8 Å². The SMILES string of the molecule is COc1ccc(N2CCN(NC(=O)c3c(C)n([O-])c4cc(Cl)c(Cl)cc4[n+]3=O)CC2)cc1. The lowest BCUT2D eigenvalue weighted by molar-refractivity contribution is -0.468. The Bertz CT molecular complexity index is 1240. The highest BCUT2D eigenvalue weighted by Crippen LogP contribution is 2.27. The number of nitrogens with one attached hydrogen (secondary N) is 1. The number of fused-ring (bicyclic) bond motifs is 1. The first kappa shape index (κ1) is 22.2. The van der Waals surface area contributed by atoms with Gasteiger partial charge in [0.05, 0.1) is 27.3 Å². The second-order valence-electron chi connectivity index (χ2n) is 7.39. The zero-order valence-corrected chi connectivity index (χ0v) is 19.0. The Balaban J connectivity index is 1.51. The van der Waals surface area contributed by atoms with Gasteiger partial charge in [-0.2, -0.15) is 0 Å². The summed E-state index contributed by atoms with van der Waals surface area (Å²) >= 11 is 12.0. The van der Waals surface area contributed by atoms with E-state index in [1.807, 2.05) is 24.3 Å². The van der Waals surface area contributed by atoms with Crippen LogP contribution in [0.2, 0.25) is 10.0 Å². The van der Waals surface area contributed by atoms with Crippen LogP contribution in [-0.4, -0.2) is 48.9 Å². The molecule has 2 aromatic carbocycles. The molecule has 1 N–H and O–H groups in total. The molecule has 0 atom stereocenters. The zero-order chi connectivity index (χ0) is 23.0. The lowest BCUT2D eigenvalue weighted by Crippen LogP contribution is -2.54. The van der Waals surface area contributed by atoms with Crippen molar-refractivity contribution in [2.45, 2.75) is 6.92 Å². The molecule has 1 fully saturated rings. The summed E-state index contributed by atoms with van der Waals surface area (Å²) in [5.41, 5.74) is 3.49. The number of halogens is 2. The van der Waals surface area contributed by atoms with Gasteiger partial charge in [0.15, 0.2) is 0 Å². The van der Waals surface area contributed by atoms with Crippen molar-refractivity contribution < 1.29 is 14.0 Å². The molecule has 3 aromatic rings. The van der Waals surface area contributed by atoms with Crippen LogP contribution in [0.1, 0.15) is 16.2 Å². The molecule has 2 heterocycles. The molecule has 4 rings (SSSR count). The predicted molar refractivity (Wildman–Crippen MR) is 123 cm³/mol. The van der Waals surface area contributed by atoms with Crippen LogP contribution >= 0.6 is 23.2 Å². The van der Waals surface area contributed by atoms with E-state index in [1.54, 1.807) is 12.1 Å². The second-order valence-corrected chi connectivity index (χ2v) is 8.21.